The molecule has 0 fully saturated rings. The first-order valence-corrected chi connectivity index (χ1v) is 11.4. The molecular formula is C24H25NO3Se. The standard InChI is InChI=1S/C24H25NO3Se/c1-17(2)14-22(23(26)29-21-10-4-3-5-11-21)25-24(27)28-16-18-12-13-19-8-6-7-9-20(19)15-18/h3-13,15,17,22H,14,16H2,1-2H3,(H,25,27)/t22-/m0/s1. The molecule has 29 heavy (non-hydrogen) atoms. The van der Waals surface area contributed by atoms with Crippen LogP contribution >= 0.6 is 0 Å². The van der Waals surface area contributed by atoms with Crippen LogP contribution in [0, 0.1) is 5.92 Å². The minimum absolute atomic E-state index is 0.0556. The molecule has 0 heterocycles. The first kappa shape index (κ1) is 21.1. The SMILES string of the molecule is CC(C)C[C@H](NC(=O)OCc1ccc2ccccc2c1)C(=O)[Se]c1ccccc1. The molecule has 1 amide bonds. The van der Waals surface area contributed by atoms with E-state index in [0.717, 1.165) is 20.8 Å². The van der Waals surface area contributed by atoms with E-state index in [1.807, 2.05) is 86.6 Å². The van der Waals surface area contributed by atoms with Crippen LogP contribution in [0.15, 0.2) is 72.8 Å². The second-order valence-corrected chi connectivity index (χ2v) is 9.58. The van der Waals surface area contributed by atoms with Crippen LogP contribution in [0.4, 0.5) is 4.79 Å². The van der Waals surface area contributed by atoms with Crippen molar-refractivity contribution in [3.63, 3.8) is 0 Å². The Labute approximate surface area is 177 Å². The zero-order valence-corrected chi connectivity index (χ0v) is 18.3. The van der Waals surface area contributed by atoms with Crippen LogP contribution in [-0.4, -0.2) is 31.8 Å². The summed E-state index contributed by atoms with van der Waals surface area (Å²) in [6, 6.07) is 23.2. The molecule has 0 aliphatic carbocycles. The molecule has 0 saturated heterocycles. The van der Waals surface area contributed by atoms with Gasteiger partial charge in [0.1, 0.15) is 0 Å². The first-order chi connectivity index (χ1) is 14.0. The van der Waals surface area contributed by atoms with Gasteiger partial charge in [-0.3, -0.25) is 0 Å². The van der Waals surface area contributed by atoms with Crippen LogP contribution in [0.2, 0.25) is 0 Å². The van der Waals surface area contributed by atoms with Crippen molar-refractivity contribution in [1.82, 2.24) is 5.32 Å². The number of rotatable bonds is 8. The van der Waals surface area contributed by atoms with E-state index in [4.69, 9.17) is 4.74 Å². The first-order valence-electron chi connectivity index (χ1n) is 9.69. The van der Waals surface area contributed by atoms with Crippen LogP contribution in [0.5, 0.6) is 0 Å². The molecule has 3 aromatic rings. The molecule has 0 unspecified atom stereocenters. The molecule has 0 aromatic heterocycles. The normalized spacial score (nSPS) is 12.0. The molecule has 1 atom stereocenters. The number of nitrogens with one attached hydrogen (secondary N) is 1. The Morgan fingerprint density at radius 2 is 1.62 bits per heavy atom. The van der Waals surface area contributed by atoms with Crippen LogP contribution in [0.1, 0.15) is 25.8 Å². The Bertz CT molecular complexity index is 972. The molecule has 3 aromatic carbocycles. The molecule has 0 spiro atoms. The minimum atomic E-state index is -0.555. The second kappa shape index (κ2) is 10.2. The van der Waals surface area contributed by atoms with Gasteiger partial charge in [-0.05, 0) is 0 Å². The van der Waals surface area contributed by atoms with Crippen molar-refractivity contribution in [2.45, 2.75) is 32.9 Å². The zero-order valence-electron chi connectivity index (χ0n) is 16.6. The molecule has 5 heteroatoms. The molecule has 0 aliphatic heterocycles. The van der Waals surface area contributed by atoms with Gasteiger partial charge in [-0.1, -0.05) is 0 Å². The van der Waals surface area contributed by atoms with Gasteiger partial charge >= 0.3 is 178 Å². The summed E-state index contributed by atoms with van der Waals surface area (Å²) in [5.41, 5.74) is 0.916. The maximum absolute atomic E-state index is 12.8. The molecule has 0 bridgehead atoms. The molecule has 0 aliphatic rings. The molecular weight excluding hydrogens is 429 g/mol. The quantitative estimate of drug-likeness (QED) is 0.523. The van der Waals surface area contributed by atoms with Crippen molar-refractivity contribution in [2.24, 2.45) is 5.92 Å². The van der Waals surface area contributed by atoms with Gasteiger partial charge < -0.3 is 0 Å². The Hall–Kier alpha value is -2.62. The van der Waals surface area contributed by atoms with Gasteiger partial charge in [0.2, 0.25) is 0 Å². The maximum atomic E-state index is 12.8. The van der Waals surface area contributed by atoms with Crippen molar-refractivity contribution in [1.29, 1.82) is 0 Å². The molecule has 0 radical (unpaired) electrons. The van der Waals surface area contributed by atoms with E-state index in [1.165, 1.54) is 0 Å². The van der Waals surface area contributed by atoms with E-state index in [-0.39, 0.29) is 32.2 Å². The van der Waals surface area contributed by atoms with Crippen LogP contribution in [0.25, 0.3) is 10.8 Å². The van der Waals surface area contributed by atoms with Crippen molar-refractivity contribution in [3.8, 4) is 0 Å². The van der Waals surface area contributed by atoms with Gasteiger partial charge in [0.05, 0.1) is 0 Å². The van der Waals surface area contributed by atoms with Crippen LogP contribution in [0.3, 0.4) is 0 Å². The molecule has 4 nitrogen and oxygen atoms in total. The van der Waals surface area contributed by atoms with E-state index in [0.29, 0.717) is 6.42 Å². The second-order valence-electron chi connectivity index (χ2n) is 7.32. The van der Waals surface area contributed by atoms with Gasteiger partial charge in [-0.2, -0.15) is 0 Å². The number of amides is 1. The predicted octanol–water partition coefficient (Wildman–Crippen LogP) is 4.04. The van der Waals surface area contributed by atoms with E-state index in [2.05, 4.69) is 5.32 Å². The van der Waals surface area contributed by atoms with E-state index in [1.54, 1.807) is 0 Å². The van der Waals surface area contributed by atoms with Crippen molar-refractivity contribution in [3.05, 3.63) is 78.4 Å². The Kier molecular flexibility index (Phi) is 7.45. The van der Waals surface area contributed by atoms with Crippen molar-refractivity contribution < 1.29 is 14.3 Å². The number of hydrogen-bond acceptors (Lipinski definition) is 3. The summed E-state index contributed by atoms with van der Waals surface area (Å²) in [4.78, 5) is 25.1. The fourth-order valence-electron chi connectivity index (χ4n) is 3.02. The monoisotopic (exact) mass is 455 g/mol. The van der Waals surface area contributed by atoms with Crippen molar-refractivity contribution >= 4 is 41.0 Å². The molecule has 3 rings (SSSR count). The number of benzene rings is 3. The summed E-state index contributed by atoms with van der Waals surface area (Å²) in [5.74, 6) is 0.288. The summed E-state index contributed by atoms with van der Waals surface area (Å²) >= 11 is -0.341. The number of ether oxygens (including phenoxy) is 1. The number of carbonyl (C=O) groups excluding carboxylic acids is 2. The van der Waals surface area contributed by atoms with Crippen molar-refractivity contribution in [2.75, 3.05) is 0 Å². The Balaban J connectivity index is 1.59. The van der Waals surface area contributed by atoms with E-state index in [9.17, 15) is 9.59 Å². The van der Waals surface area contributed by atoms with E-state index < -0.39 is 12.1 Å². The summed E-state index contributed by atoms with van der Waals surface area (Å²) in [6.45, 7) is 4.25. The van der Waals surface area contributed by atoms with Gasteiger partial charge in [-0.15, -0.1) is 0 Å². The number of carbonyl (C=O) groups is 2. The number of fused-ring (bicyclic) bond motifs is 1. The number of alkyl carbamates (subject to hydrolysis) is 1. The predicted molar refractivity (Wildman–Crippen MR) is 117 cm³/mol. The average molecular weight is 454 g/mol. The third-order valence-electron chi connectivity index (χ3n) is 4.43. The zero-order chi connectivity index (χ0) is 20.6. The number of hydrogen-bond donors (Lipinski definition) is 1. The summed E-state index contributed by atoms with van der Waals surface area (Å²) in [7, 11) is 0. The van der Waals surface area contributed by atoms with Crippen LogP contribution in [-0.2, 0) is 16.1 Å². The molecule has 1 N–H and O–H groups in total. The fourth-order valence-corrected chi connectivity index (χ4v) is 4.75. The van der Waals surface area contributed by atoms with Gasteiger partial charge in [-0.25, -0.2) is 0 Å². The molecule has 150 valence electrons. The summed E-state index contributed by atoms with van der Waals surface area (Å²) < 4.78 is 6.45. The Morgan fingerprint density at radius 3 is 2.34 bits per heavy atom. The third kappa shape index (κ3) is 6.45. The summed E-state index contributed by atoms with van der Waals surface area (Å²) in [6.07, 6.45) is 0.0411. The van der Waals surface area contributed by atoms with Gasteiger partial charge in [0.15, 0.2) is 0 Å². The van der Waals surface area contributed by atoms with E-state index >= 15 is 0 Å². The summed E-state index contributed by atoms with van der Waals surface area (Å²) in [5, 5.41) is 5.03. The average Bonchev–Trinajstić information content (AvgIpc) is 2.72. The topological polar surface area (TPSA) is 55.4 Å². The third-order valence-corrected chi connectivity index (χ3v) is 6.51. The van der Waals surface area contributed by atoms with Crippen LogP contribution < -0.4 is 9.78 Å². The van der Waals surface area contributed by atoms with Gasteiger partial charge in [0, 0.05) is 0 Å². The van der Waals surface area contributed by atoms with Gasteiger partial charge in [0.25, 0.3) is 0 Å². The Morgan fingerprint density at radius 1 is 0.931 bits per heavy atom. The molecule has 0 saturated carbocycles. The fraction of sp³-hybridized carbons (Fsp3) is 0.250.